The molecule has 0 aromatic heterocycles. The van der Waals surface area contributed by atoms with Gasteiger partial charge in [0.05, 0.1) is 0 Å². The van der Waals surface area contributed by atoms with E-state index in [1.165, 1.54) is 173 Å². The van der Waals surface area contributed by atoms with E-state index in [9.17, 15) is 0 Å². The van der Waals surface area contributed by atoms with Gasteiger partial charge in [0.2, 0.25) is 0 Å². The normalized spacial score (nSPS) is 19.2. The van der Waals surface area contributed by atoms with Crippen LogP contribution >= 0.6 is 0 Å². The van der Waals surface area contributed by atoms with E-state index in [2.05, 4.69) is 21.1 Å². The third kappa shape index (κ3) is 19.5. The maximum Gasteiger partial charge on any atom is 0.117 e. The first kappa shape index (κ1) is 30.1. The summed E-state index contributed by atoms with van der Waals surface area (Å²) in [5.41, 5.74) is 0. The third-order valence-electron chi connectivity index (χ3n) is 8.05. The van der Waals surface area contributed by atoms with Crippen LogP contribution in [-0.2, 0) is 0 Å². The Labute approximate surface area is 206 Å². The third-order valence-corrected chi connectivity index (χ3v) is 8.05. The van der Waals surface area contributed by atoms with E-state index >= 15 is 0 Å². The second-order valence-corrected chi connectivity index (χ2v) is 11.3. The molecular weight excluding hydrogens is 383 g/mol. The van der Waals surface area contributed by atoms with Gasteiger partial charge in [-0.25, -0.2) is 0 Å². The van der Waals surface area contributed by atoms with Crippen LogP contribution in [0.3, 0.4) is 0 Å². The van der Waals surface area contributed by atoms with Crippen molar-refractivity contribution in [3.8, 4) is 0 Å². The van der Waals surface area contributed by atoms with Crippen LogP contribution in [0.4, 0.5) is 0 Å². The Morgan fingerprint density at radius 3 is 1.22 bits per heavy atom. The summed E-state index contributed by atoms with van der Waals surface area (Å²) in [4.78, 5) is 0. The summed E-state index contributed by atoms with van der Waals surface area (Å²) < 4.78 is 0. The Balaban J connectivity index is 2.45. The lowest BCUT2D eigenvalue weighted by Gasteiger charge is -2.23. The highest BCUT2D eigenvalue weighted by Gasteiger charge is 2.18. The summed E-state index contributed by atoms with van der Waals surface area (Å²) in [5, 5.41) is 0. The van der Waals surface area contributed by atoms with Crippen molar-refractivity contribution >= 4 is 7.28 Å². The van der Waals surface area contributed by atoms with E-state index in [0.717, 1.165) is 11.6 Å². The van der Waals surface area contributed by atoms with Crippen molar-refractivity contribution in [2.75, 3.05) is 0 Å². The molecule has 0 aromatic carbocycles. The minimum Gasteiger partial charge on any atom is -0.0686 e. The van der Waals surface area contributed by atoms with E-state index in [4.69, 9.17) is 0 Å². The quantitative estimate of drug-likeness (QED) is 0.174. The van der Waals surface area contributed by atoms with Crippen molar-refractivity contribution in [3.63, 3.8) is 0 Å². The largest absolute Gasteiger partial charge is 0.117 e. The molecule has 0 nitrogen and oxygen atoms in total. The molecule has 0 aliphatic heterocycles. The van der Waals surface area contributed by atoms with E-state index in [1.54, 1.807) is 0 Å². The van der Waals surface area contributed by atoms with E-state index in [-0.39, 0.29) is 0 Å². The average molecular weight is 446 g/mol. The Morgan fingerprint density at radius 2 is 0.812 bits per heavy atom. The zero-order valence-electron chi connectivity index (χ0n) is 22.8. The minimum absolute atomic E-state index is 0.912. The van der Waals surface area contributed by atoms with Crippen LogP contribution in [0.15, 0.2) is 0 Å². The maximum absolute atomic E-state index is 2.91. The van der Waals surface area contributed by atoms with Crippen LogP contribution in [0.25, 0.3) is 0 Å². The number of hydrogen-bond acceptors (Lipinski definition) is 0. The second kappa shape index (κ2) is 24.2. The molecule has 1 saturated carbocycles. The van der Waals surface area contributed by atoms with Crippen LogP contribution in [0.1, 0.15) is 187 Å². The standard InChI is InChI=1S/C31H62B/c1-3-5-7-9-19-23-27-30(26-22-18-8-6-4-2)32-31-28-24-20-16-14-12-10-11-13-15-17-21-25-29-31/h30-31H,3-29H2,1-2H3. The fraction of sp³-hybridized carbons (Fsp3) is 1.00. The molecule has 0 heterocycles. The molecule has 0 aromatic rings. The summed E-state index contributed by atoms with van der Waals surface area (Å²) in [5.74, 6) is 1.83. The van der Waals surface area contributed by atoms with Crippen LogP contribution in [0.5, 0.6) is 0 Å². The molecule has 1 aliphatic carbocycles. The van der Waals surface area contributed by atoms with E-state index < -0.39 is 0 Å². The van der Waals surface area contributed by atoms with Gasteiger partial charge in [-0.1, -0.05) is 199 Å². The van der Waals surface area contributed by atoms with Gasteiger partial charge in [0.15, 0.2) is 0 Å². The molecule has 32 heavy (non-hydrogen) atoms. The van der Waals surface area contributed by atoms with Gasteiger partial charge in [0.1, 0.15) is 7.28 Å². The molecule has 0 saturated heterocycles. The van der Waals surface area contributed by atoms with Crippen LogP contribution in [-0.4, -0.2) is 7.28 Å². The lowest BCUT2D eigenvalue weighted by atomic mass is 9.50. The molecule has 1 heteroatoms. The van der Waals surface area contributed by atoms with Crippen molar-refractivity contribution < 1.29 is 0 Å². The van der Waals surface area contributed by atoms with Crippen molar-refractivity contribution in [3.05, 3.63) is 0 Å². The summed E-state index contributed by atoms with van der Waals surface area (Å²) >= 11 is 0. The van der Waals surface area contributed by atoms with Gasteiger partial charge in [0.25, 0.3) is 0 Å². The highest BCUT2D eigenvalue weighted by atomic mass is 14.1. The van der Waals surface area contributed by atoms with Crippen LogP contribution in [0, 0.1) is 0 Å². The maximum atomic E-state index is 2.91. The number of unbranched alkanes of at least 4 members (excludes halogenated alkanes) is 9. The van der Waals surface area contributed by atoms with Crippen molar-refractivity contribution in [1.82, 2.24) is 0 Å². The van der Waals surface area contributed by atoms with Gasteiger partial charge >= 0.3 is 0 Å². The smallest absolute Gasteiger partial charge is 0.0686 e. The molecular formula is C31H62B. The topological polar surface area (TPSA) is 0 Å². The lowest BCUT2D eigenvalue weighted by Crippen LogP contribution is -2.13. The summed E-state index contributed by atoms with van der Waals surface area (Å²) in [6.07, 6.45) is 39.8. The summed E-state index contributed by atoms with van der Waals surface area (Å²) in [6, 6.07) is 0. The van der Waals surface area contributed by atoms with Gasteiger partial charge in [-0.3, -0.25) is 0 Å². The predicted molar refractivity (Wildman–Crippen MR) is 149 cm³/mol. The molecule has 0 N–H and O–H groups in total. The Morgan fingerprint density at radius 1 is 0.469 bits per heavy atom. The van der Waals surface area contributed by atoms with Crippen LogP contribution < -0.4 is 0 Å². The van der Waals surface area contributed by atoms with Gasteiger partial charge in [0, 0.05) is 0 Å². The first-order valence-electron chi connectivity index (χ1n) is 15.7. The first-order chi connectivity index (χ1) is 15.9. The second-order valence-electron chi connectivity index (χ2n) is 11.3. The fourth-order valence-electron chi connectivity index (χ4n) is 5.84. The average Bonchev–Trinajstić information content (AvgIpc) is 2.81. The fourth-order valence-corrected chi connectivity index (χ4v) is 5.84. The lowest BCUT2D eigenvalue weighted by molar-refractivity contribution is 0.515. The molecule has 189 valence electrons. The SMILES string of the molecule is CCCCCCCCC([B]C1CCCCCCCCCCCCCC1)CCCCCCC. The highest BCUT2D eigenvalue weighted by Crippen LogP contribution is 2.32. The minimum atomic E-state index is 0.912. The molecule has 0 spiro atoms. The zero-order valence-corrected chi connectivity index (χ0v) is 22.8. The molecule has 1 radical (unpaired) electrons. The molecule has 0 bridgehead atoms. The highest BCUT2D eigenvalue weighted by molar-refractivity contribution is 6.39. The first-order valence-corrected chi connectivity index (χ1v) is 15.7. The molecule has 1 aliphatic rings. The van der Waals surface area contributed by atoms with Crippen molar-refractivity contribution in [2.45, 2.75) is 199 Å². The zero-order chi connectivity index (χ0) is 23.0. The molecule has 1 unspecified atom stereocenters. The van der Waals surface area contributed by atoms with Gasteiger partial charge in [-0.05, 0) is 0 Å². The Kier molecular flexibility index (Phi) is 22.8. The molecule has 1 atom stereocenters. The Hall–Kier alpha value is 0.0649. The molecule has 1 fully saturated rings. The predicted octanol–water partition coefficient (Wildman–Crippen LogP) is 11.9. The van der Waals surface area contributed by atoms with Crippen molar-refractivity contribution in [2.24, 2.45) is 0 Å². The van der Waals surface area contributed by atoms with Gasteiger partial charge in [-0.15, -0.1) is 0 Å². The number of rotatable bonds is 15. The Bertz CT molecular complexity index is 336. The van der Waals surface area contributed by atoms with E-state index in [0.29, 0.717) is 0 Å². The summed E-state index contributed by atoms with van der Waals surface area (Å²) in [6.45, 7) is 4.67. The molecule has 1 rings (SSSR count). The van der Waals surface area contributed by atoms with E-state index in [1.807, 2.05) is 0 Å². The van der Waals surface area contributed by atoms with Crippen LogP contribution in [0.2, 0.25) is 11.6 Å². The number of hydrogen-bond donors (Lipinski definition) is 0. The van der Waals surface area contributed by atoms with Gasteiger partial charge < -0.3 is 0 Å². The van der Waals surface area contributed by atoms with Gasteiger partial charge in [-0.2, -0.15) is 0 Å². The molecule has 0 amide bonds. The monoisotopic (exact) mass is 445 g/mol. The summed E-state index contributed by atoms with van der Waals surface area (Å²) in [7, 11) is 2.91. The van der Waals surface area contributed by atoms with Crippen molar-refractivity contribution in [1.29, 1.82) is 0 Å².